The summed E-state index contributed by atoms with van der Waals surface area (Å²) in [6.07, 6.45) is -0.0763. The van der Waals surface area contributed by atoms with Crippen LogP contribution in [0.25, 0.3) is 0 Å². The number of carbonyl (C=O) groups is 2. The van der Waals surface area contributed by atoms with E-state index in [0.29, 0.717) is 6.29 Å². The fourth-order valence-electron chi connectivity index (χ4n) is 0.905. The van der Waals surface area contributed by atoms with Crippen LogP contribution in [0.2, 0.25) is 0 Å². The molecule has 0 aromatic heterocycles. The molecule has 13 heavy (non-hydrogen) atoms. The Labute approximate surface area is 73.2 Å². The molecule has 0 fully saturated rings. The molecule has 0 aliphatic rings. The smallest absolute Gasteiger partial charge is 0.172 e. The maximum Gasteiger partial charge on any atom is 0.172 e. The van der Waals surface area contributed by atoms with Gasteiger partial charge >= 0.3 is 0 Å². The minimum Gasteiger partial charge on any atom is -0.303 e. The average molecular weight is 184 g/mol. The molecular formula is C9H6F2O2. The first-order valence-electron chi connectivity index (χ1n) is 3.57. The second kappa shape index (κ2) is 3.89. The van der Waals surface area contributed by atoms with E-state index in [4.69, 9.17) is 0 Å². The summed E-state index contributed by atoms with van der Waals surface area (Å²) in [4.78, 5) is 20.9. The predicted molar refractivity (Wildman–Crippen MR) is 41.4 cm³/mol. The van der Waals surface area contributed by atoms with Crippen molar-refractivity contribution in [3.63, 3.8) is 0 Å². The molecule has 1 aromatic rings. The molecule has 2 nitrogen and oxygen atoms in total. The number of carbonyl (C=O) groups excluding carboxylic acids is 2. The number of hydrogen-bond donors (Lipinski definition) is 0. The van der Waals surface area contributed by atoms with E-state index in [2.05, 4.69) is 0 Å². The Kier molecular flexibility index (Phi) is 2.84. The van der Waals surface area contributed by atoms with Gasteiger partial charge in [-0.1, -0.05) is 6.07 Å². The lowest BCUT2D eigenvalue weighted by Gasteiger charge is -1.99. The Hall–Kier alpha value is -1.58. The molecular weight excluding hydrogens is 178 g/mol. The van der Waals surface area contributed by atoms with Crippen LogP contribution in [-0.4, -0.2) is 12.1 Å². The average Bonchev–Trinajstić information content (AvgIpc) is 2.10. The summed E-state index contributed by atoms with van der Waals surface area (Å²) >= 11 is 0. The molecule has 0 aliphatic heterocycles. The van der Waals surface area contributed by atoms with E-state index in [9.17, 15) is 18.4 Å². The number of ketones is 1. The van der Waals surface area contributed by atoms with Gasteiger partial charge in [0.15, 0.2) is 17.4 Å². The third kappa shape index (κ3) is 1.96. The van der Waals surface area contributed by atoms with Gasteiger partial charge in [0.2, 0.25) is 0 Å². The van der Waals surface area contributed by atoms with Crippen LogP contribution in [0.3, 0.4) is 0 Å². The van der Waals surface area contributed by atoms with Crippen LogP contribution in [0.1, 0.15) is 16.8 Å². The Balaban J connectivity index is 3.07. The van der Waals surface area contributed by atoms with E-state index in [1.807, 2.05) is 0 Å². The lowest BCUT2D eigenvalue weighted by Crippen LogP contribution is -2.04. The number of rotatable bonds is 3. The molecule has 0 bridgehead atoms. The second-order valence-electron chi connectivity index (χ2n) is 2.40. The third-order valence-electron chi connectivity index (χ3n) is 1.52. The van der Waals surface area contributed by atoms with Crippen LogP contribution < -0.4 is 0 Å². The zero-order valence-corrected chi connectivity index (χ0v) is 6.59. The molecule has 0 radical (unpaired) electrons. The van der Waals surface area contributed by atoms with E-state index in [1.54, 1.807) is 0 Å². The number of hydrogen-bond acceptors (Lipinski definition) is 2. The number of Topliss-reactive ketones (excluding diaryl/α,β-unsaturated/α-hetero) is 1. The highest BCUT2D eigenvalue weighted by Crippen LogP contribution is 2.12. The molecule has 0 aliphatic carbocycles. The van der Waals surface area contributed by atoms with E-state index >= 15 is 0 Å². The maximum atomic E-state index is 12.9. The van der Waals surface area contributed by atoms with Crippen LogP contribution in [0.5, 0.6) is 0 Å². The fourth-order valence-corrected chi connectivity index (χ4v) is 0.905. The summed E-state index contributed by atoms with van der Waals surface area (Å²) in [7, 11) is 0. The van der Waals surface area contributed by atoms with Crippen LogP contribution in [0, 0.1) is 11.6 Å². The minimum atomic E-state index is -1.20. The standard InChI is InChI=1S/C9H6F2O2/c10-7-3-1-2-6(9(7)11)8(13)4-5-12/h1-3,5H,4H2. The molecule has 0 amide bonds. The van der Waals surface area contributed by atoms with E-state index in [1.165, 1.54) is 6.07 Å². The molecule has 0 atom stereocenters. The SMILES string of the molecule is O=CCC(=O)c1cccc(F)c1F. The molecule has 1 rings (SSSR count). The summed E-state index contributed by atoms with van der Waals surface area (Å²) in [6.45, 7) is 0. The van der Waals surface area contributed by atoms with E-state index in [0.717, 1.165) is 12.1 Å². The van der Waals surface area contributed by atoms with Crippen molar-refractivity contribution in [3.05, 3.63) is 35.4 Å². The summed E-state index contributed by atoms with van der Waals surface area (Å²) in [5.74, 6) is -3.00. The van der Waals surface area contributed by atoms with Crippen molar-refractivity contribution in [3.8, 4) is 0 Å². The molecule has 0 heterocycles. The van der Waals surface area contributed by atoms with Gasteiger partial charge < -0.3 is 4.79 Å². The van der Waals surface area contributed by atoms with Crippen molar-refractivity contribution >= 4 is 12.1 Å². The highest BCUT2D eigenvalue weighted by Gasteiger charge is 2.13. The summed E-state index contributed by atoms with van der Waals surface area (Å²) in [5.41, 5.74) is -0.382. The van der Waals surface area contributed by atoms with Gasteiger partial charge in [-0.25, -0.2) is 8.78 Å². The van der Waals surface area contributed by atoms with Gasteiger partial charge in [-0.3, -0.25) is 4.79 Å². The van der Waals surface area contributed by atoms with Gasteiger partial charge in [-0.15, -0.1) is 0 Å². The van der Waals surface area contributed by atoms with Gasteiger partial charge in [0, 0.05) is 0 Å². The zero-order valence-electron chi connectivity index (χ0n) is 6.59. The van der Waals surface area contributed by atoms with Crippen LogP contribution in [0.4, 0.5) is 8.78 Å². The summed E-state index contributed by atoms with van der Waals surface area (Å²) in [6, 6.07) is 3.27. The van der Waals surface area contributed by atoms with Gasteiger partial charge in [-0.2, -0.15) is 0 Å². The van der Waals surface area contributed by atoms with Gasteiger partial charge in [0.25, 0.3) is 0 Å². The Morgan fingerprint density at radius 1 is 1.38 bits per heavy atom. The van der Waals surface area contributed by atoms with Crippen LogP contribution >= 0.6 is 0 Å². The summed E-state index contributed by atoms with van der Waals surface area (Å²) in [5, 5.41) is 0. The molecule has 4 heteroatoms. The molecule has 0 saturated heterocycles. The largest absolute Gasteiger partial charge is 0.303 e. The lowest BCUT2D eigenvalue weighted by molar-refractivity contribution is -0.107. The van der Waals surface area contributed by atoms with Crippen LogP contribution in [0.15, 0.2) is 18.2 Å². The Morgan fingerprint density at radius 2 is 2.08 bits per heavy atom. The fraction of sp³-hybridized carbons (Fsp3) is 0.111. The topological polar surface area (TPSA) is 34.1 Å². The van der Waals surface area contributed by atoms with Gasteiger partial charge in [0.05, 0.1) is 12.0 Å². The molecule has 0 N–H and O–H groups in total. The van der Waals surface area contributed by atoms with Crippen molar-refractivity contribution in [1.29, 1.82) is 0 Å². The van der Waals surface area contributed by atoms with E-state index < -0.39 is 23.8 Å². The number of aldehydes is 1. The minimum absolute atomic E-state index is 0.354. The predicted octanol–water partition coefficient (Wildman–Crippen LogP) is 1.74. The monoisotopic (exact) mass is 184 g/mol. The summed E-state index contributed by atoms with van der Waals surface area (Å²) < 4.78 is 25.4. The first kappa shape index (κ1) is 9.51. The normalized spacial score (nSPS) is 9.69. The molecule has 0 saturated carbocycles. The molecule has 1 aromatic carbocycles. The van der Waals surface area contributed by atoms with Gasteiger partial charge in [-0.05, 0) is 12.1 Å². The quantitative estimate of drug-likeness (QED) is 0.407. The zero-order chi connectivity index (χ0) is 9.84. The van der Waals surface area contributed by atoms with Gasteiger partial charge in [0.1, 0.15) is 6.29 Å². The van der Waals surface area contributed by atoms with Crippen molar-refractivity contribution in [2.24, 2.45) is 0 Å². The maximum absolute atomic E-state index is 12.9. The molecule has 68 valence electrons. The Bertz CT molecular complexity index is 347. The highest BCUT2D eigenvalue weighted by atomic mass is 19.2. The molecule has 0 unspecified atom stereocenters. The second-order valence-corrected chi connectivity index (χ2v) is 2.40. The number of halogens is 2. The van der Waals surface area contributed by atoms with Crippen LogP contribution in [-0.2, 0) is 4.79 Å². The van der Waals surface area contributed by atoms with Crippen molar-refractivity contribution in [2.45, 2.75) is 6.42 Å². The van der Waals surface area contributed by atoms with Crippen molar-refractivity contribution < 1.29 is 18.4 Å². The first-order chi connectivity index (χ1) is 6.16. The number of benzene rings is 1. The van der Waals surface area contributed by atoms with E-state index in [-0.39, 0.29) is 5.56 Å². The highest BCUT2D eigenvalue weighted by molar-refractivity contribution is 6.02. The lowest BCUT2D eigenvalue weighted by atomic mass is 10.1. The molecule has 0 spiro atoms. The Morgan fingerprint density at radius 3 is 2.69 bits per heavy atom. The first-order valence-corrected chi connectivity index (χ1v) is 3.57. The third-order valence-corrected chi connectivity index (χ3v) is 1.52. The van der Waals surface area contributed by atoms with Crippen molar-refractivity contribution in [2.75, 3.05) is 0 Å². The van der Waals surface area contributed by atoms with Crippen molar-refractivity contribution in [1.82, 2.24) is 0 Å².